The van der Waals surface area contributed by atoms with Gasteiger partial charge in [-0.05, 0) is 26.8 Å². The van der Waals surface area contributed by atoms with Gasteiger partial charge in [0.05, 0.1) is 0 Å². The number of rotatable bonds is 1. The Morgan fingerprint density at radius 3 is 2.64 bits per heavy atom. The van der Waals surface area contributed by atoms with Gasteiger partial charge in [-0.15, -0.1) is 0 Å². The molecule has 4 heteroatoms. The molecule has 0 fully saturated rings. The molecule has 1 aromatic heterocycles. The van der Waals surface area contributed by atoms with Crippen LogP contribution in [0.3, 0.4) is 0 Å². The van der Waals surface area contributed by atoms with Gasteiger partial charge in [0.2, 0.25) is 0 Å². The van der Waals surface area contributed by atoms with Crippen molar-refractivity contribution in [3.05, 3.63) is 35.3 Å². The van der Waals surface area contributed by atoms with Crippen LogP contribution in [0, 0.1) is 5.21 Å². The third-order valence-corrected chi connectivity index (χ3v) is 1.41. The average Bonchev–Trinajstić information content (AvgIpc) is 2.01. The molecule has 0 amide bonds. The van der Waals surface area contributed by atoms with Crippen LogP contribution in [-0.4, -0.2) is 11.6 Å². The van der Waals surface area contributed by atoms with E-state index in [0.717, 1.165) is 0 Å². The lowest BCUT2D eigenvalue weighted by atomic mass is 10.2. The Bertz CT molecular complexity index is 341. The van der Waals surface area contributed by atoms with Gasteiger partial charge in [-0.1, -0.05) is 0 Å². The quantitative estimate of drug-likeness (QED) is 0.385. The van der Waals surface area contributed by atoms with Gasteiger partial charge < -0.3 is 9.94 Å². The molecule has 0 radical (unpaired) electrons. The van der Waals surface area contributed by atoms with E-state index in [9.17, 15) is 10.0 Å². The predicted octanol–water partition coefficient (Wildman–Crippen LogP) is 1.28. The van der Waals surface area contributed by atoms with Crippen molar-refractivity contribution in [2.24, 2.45) is 0 Å². The summed E-state index contributed by atoms with van der Waals surface area (Å²) < 4.78 is 5.66. The van der Waals surface area contributed by atoms with Crippen molar-refractivity contribution in [2.45, 2.75) is 26.4 Å². The molecule has 0 spiro atoms. The highest BCUT2D eigenvalue weighted by molar-refractivity contribution is 5.88. The first kappa shape index (κ1) is 10.5. The molecule has 0 saturated heterocycles. The van der Waals surface area contributed by atoms with E-state index in [-0.39, 0.29) is 5.56 Å². The zero-order valence-corrected chi connectivity index (χ0v) is 8.48. The van der Waals surface area contributed by atoms with Crippen LogP contribution in [0.15, 0.2) is 24.5 Å². The molecule has 0 aliphatic rings. The van der Waals surface area contributed by atoms with Crippen LogP contribution in [0.4, 0.5) is 0 Å². The summed E-state index contributed by atoms with van der Waals surface area (Å²) in [4.78, 5) is 11.4. The van der Waals surface area contributed by atoms with E-state index in [1.54, 1.807) is 26.8 Å². The van der Waals surface area contributed by atoms with Crippen molar-refractivity contribution in [1.29, 1.82) is 0 Å². The first-order valence-electron chi connectivity index (χ1n) is 4.31. The molecular weight excluding hydrogens is 182 g/mol. The minimum atomic E-state index is -0.541. The van der Waals surface area contributed by atoms with Crippen LogP contribution >= 0.6 is 0 Å². The number of ether oxygens (including phenoxy) is 1. The van der Waals surface area contributed by atoms with Crippen LogP contribution in [0.5, 0.6) is 0 Å². The number of hydrogen-bond donors (Lipinski definition) is 0. The van der Waals surface area contributed by atoms with Crippen molar-refractivity contribution >= 4 is 5.97 Å². The summed E-state index contributed by atoms with van der Waals surface area (Å²) in [5.41, 5.74) is -0.280. The minimum absolute atomic E-state index is 0.262. The SMILES string of the molecule is CC(C)(C)OC(=O)c1ccc[n+]([O-])c1. The molecule has 1 rings (SSSR count). The van der Waals surface area contributed by atoms with Crippen molar-refractivity contribution in [1.82, 2.24) is 0 Å². The Morgan fingerprint density at radius 2 is 2.14 bits per heavy atom. The average molecular weight is 195 g/mol. The van der Waals surface area contributed by atoms with Gasteiger partial charge in [-0.2, -0.15) is 4.73 Å². The lowest BCUT2D eigenvalue weighted by molar-refractivity contribution is -0.605. The van der Waals surface area contributed by atoms with Gasteiger partial charge in [0.25, 0.3) is 0 Å². The summed E-state index contributed by atoms with van der Waals surface area (Å²) in [6.45, 7) is 5.33. The van der Waals surface area contributed by atoms with E-state index in [2.05, 4.69) is 0 Å². The molecule has 0 saturated carbocycles. The Balaban J connectivity index is 2.80. The molecule has 76 valence electrons. The number of carbonyl (C=O) groups excluding carboxylic acids is 1. The fourth-order valence-corrected chi connectivity index (χ4v) is 0.912. The number of carbonyl (C=O) groups is 1. The fraction of sp³-hybridized carbons (Fsp3) is 0.400. The van der Waals surface area contributed by atoms with Crippen LogP contribution < -0.4 is 4.73 Å². The van der Waals surface area contributed by atoms with Gasteiger partial charge in [-0.25, -0.2) is 4.79 Å². The van der Waals surface area contributed by atoms with Crippen LogP contribution in [-0.2, 0) is 4.74 Å². The molecule has 0 aromatic carbocycles. The summed E-state index contributed by atoms with van der Waals surface area (Å²) >= 11 is 0. The van der Waals surface area contributed by atoms with E-state index >= 15 is 0 Å². The summed E-state index contributed by atoms with van der Waals surface area (Å²) in [6, 6.07) is 3.05. The summed E-state index contributed by atoms with van der Waals surface area (Å²) in [5.74, 6) is -0.484. The first-order valence-corrected chi connectivity index (χ1v) is 4.31. The molecule has 0 atom stereocenters. The third kappa shape index (κ3) is 3.05. The molecular formula is C10H13NO3. The second-order valence-corrected chi connectivity index (χ2v) is 3.95. The first-order chi connectivity index (χ1) is 6.38. The van der Waals surface area contributed by atoms with E-state index in [4.69, 9.17) is 4.74 Å². The zero-order valence-electron chi connectivity index (χ0n) is 8.48. The maximum absolute atomic E-state index is 11.4. The number of hydrogen-bond acceptors (Lipinski definition) is 3. The number of pyridine rings is 1. The Kier molecular flexibility index (Phi) is 2.74. The van der Waals surface area contributed by atoms with E-state index in [1.165, 1.54) is 18.5 Å². The van der Waals surface area contributed by atoms with Gasteiger partial charge in [-0.3, -0.25) is 0 Å². The Hall–Kier alpha value is -1.58. The van der Waals surface area contributed by atoms with Crippen LogP contribution in [0.1, 0.15) is 31.1 Å². The molecule has 1 aromatic rings. The summed E-state index contributed by atoms with van der Waals surface area (Å²) in [5, 5.41) is 10.9. The molecule has 1 heterocycles. The number of nitrogens with zero attached hydrogens (tertiary/aromatic N) is 1. The molecule has 0 aliphatic carbocycles. The van der Waals surface area contributed by atoms with Crippen molar-refractivity contribution in [3.63, 3.8) is 0 Å². The van der Waals surface area contributed by atoms with Crippen molar-refractivity contribution < 1.29 is 14.3 Å². The van der Waals surface area contributed by atoms with E-state index in [1.807, 2.05) is 0 Å². The predicted molar refractivity (Wildman–Crippen MR) is 50.6 cm³/mol. The number of aromatic nitrogens is 1. The van der Waals surface area contributed by atoms with E-state index < -0.39 is 11.6 Å². The zero-order chi connectivity index (χ0) is 10.8. The smallest absolute Gasteiger partial charge is 0.344 e. The molecule has 0 unspecified atom stereocenters. The maximum atomic E-state index is 11.4. The Labute approximate surface area is 82.7 Å². The highest BCUT2D eigenvalue weighted by Gasteiger charge is 2.18. The standard InChI is InChI=1S/C10H13NO3/c1-10(2,3)14-9(12)8-5-4-6-11(13)7-8/h4-7H,1-3H3. The lowest BCUT2D eigenvalue weighted by Crippen LogP contribution is -2.29. The summed E-state index contributed by atoms with van der Waals surface area (Å²) in [6.07, 6.45) is 2.50. The van der Waals surface area contributed by atoms with Gasteiger partial charge in [0.15, 0.2) is 12.4 Å². The Morgan fingerprint density at radius 1 is 1.50 bits per heavy atom. The van der Waals surface area contributed by atoms with Gasteiger partial charge in [0, 0.05) is 6.07 Å². The van der Waals surface area contributed by atoms with Crippen LogP contribution in [0.2, 0.25) is 0 Å². The van der Waals surface area contributed by atoms with Crippen molar-refractivity contribution in [2.75, 3.05) is 0 Å². The lowest BCUT2D eigenvalue weighted by Gasteiger charge is -2.18. The second kappa shape index (κ2) is 3.65. The molecule has 0 bridgehead atoms. The van der Waals surface area contributed by atoms with E-state index in [0.29, 0.717) is 4.73 Å². The number of esters is 1. The van der Waals surface area contributed by atoms with Crippen molar-refractivity contribution in [3.8, 4) is 0 Å². The minimum Gasteiger partial charge on any atom is -0.619 e. The van der Waals surface area contributed by atoms with Crippen LogP contribution in [0.25, 0.3) is 0 Å². The van der Waals surface area contributed by atoms with Gasteiger partial charge in [0.1, 0.15) is 11.2 Å². The normalized spacial score (nSPS) is 11.1. The largest absolute Gasteiger partial charge is 0.619 e. The molecule has 0 aliphatic heterocycles. The fourth-order valence-electron chi connectivity index (χ4n) is 0.912. The monoisotopic (exact) mass is 195 g/mol. The maximum Gasteiger partial charge on any atom is 0.344 e. The third-order valence-electron chi connectivity index (χ3n) is 1.41. The molecule has 14 heavy (non-hydrogen) atoms. The highest BCUT2D eigenvalue weighted by atomic mass is 16.6. The molecule has 0 N–H and O–H groups in total. The second-order valence-electron chi connectivity index (χ2n) is 3.95. The summed E-state index contributed by atoms with van der Waals surface area (Å²) in [7, 11) is 0. The highest BCUT2D eigenvalue weighted by Crippen LogP contribution is 2.10. The van der Waals surface area contributed by atoms with Gasteiger partial charge >= 0.3 is 5.97 Å². The topological polar surface area (TPSA) is 53.2 Å². The molecule has 4 nitrogen and oxygen atoms in total.